The maximum atomic E-state index is 3.47. The molecule has 2 heteroatoms. The molecule has 1 heterocycles. The third-order valence-electron chi connectivity index (χ3n) is 3.86. The number of aryl methyl sites for hydroxylation is 1. The molecule has 1 N–H and O–H groups in total. The van der Waals surface area contributed by atoms with Crippen molar-refractivity contribution in [2.45, 2.75) is 25.9 Å². The van der Waals surface area contributed by atoms with Gasteiger partial charge in [-0.2, -0.15) is 0 Å². The van der Waals surface area contributed by atoms with E-state index in [2.05, 4.69) is 65.8 Å². The second-order valence-corrected chi connectivity index (χ2v) is 5.68. The van der Waals surface area contributed by atoms with Crippen LogP contribution >= 0.6 is 0 Å². The van der Waals surface area contributed by atoms with Gasteiger partial charge >= 0.3 is 0 Å². The molecule has 0 saturated carbocycles. The van der Waals surface area contributed by atoms with Gasteiger partial charge in [0.2, 0.25) is 0 Å². The molecule has 1 aliphatic heterocycles. The Balaban J connectivity index is 1.65. The second kappa shape index (κ2) is 6.10. The minimum absolute atomic E-state index is 0.996. The van der Waals surface area contributed by atoms with Crippen molar-refractivity contribution < 1.29 is 0 Å². The Kier molecular flexibility index (Phi) is 4.03. The van der Waals surface area contributed by atoms with E-state index in [0.717, 1.165) is 19.6 Å². The topological polar surface area (TPSA) is 15.3 Å². The van der Waals surface area contributed by atoms with Crippen molar-refractivity contribution in [2.75, 3.05) is 18.9 Å². The lowest BCUT2D eigenvalue weighted by Crippen LogP contribution is -2.18. The monoisotopic (exact) mass is 266 g/mol. The third-order valence-corrected chi connectivity index (χ3v) is 3.86. The lowest BCUT2D eigenvalue weighted by Gasteiger charge is -2.21. The molecule has 0 saturated heterocycles. The van der Waals surface area contributed by atoms with E-state index in [4.69, 9.17) is 0 Å². The summed E-state index contributed by atoms with van der Waals surface area (Å²) in [5, 5.41) is 3.47. The van der Waals surface area contributed by atoms with Gasteiger partial charge in [0.05, 0.1) is 0 Å². The van der Waals surface area contributed by atoms with Crippen LogP contribution in [0.15, 0.2) is 48.5 Å². The molecule has 0 aromatic heterocycles. The summed E-state index contributed by atoms with van der Waals surface area (Å²) < 4.78 is 0. The van der Waals surface area contributed by atoms with Gasteiger partial charge in [-0.05, 0) is 42.6 Å². The van der Waals surface area contributed by atoms with Crippen LogP contribution in [0.5, 0.6) is 0 Å². The van der Waals surface area contributed by atoms with Crippen molar-refractivity contribution in [1.29, 1.82) is 0 Å². The number of nitrogens with zero attached hydrogens (tertiary/aromatic N) is 1. The van der Waals surface area contributed by atoms with Crippen LogP contribution in [0.4, 0.5) is 5.69 Å². The van der Waals surface area contributed by atoms with Crippen molar-refractivity contribution in [3.05, 3.63) is 65.2 Å². The van der Waals surface area contributed by atoms with Crippen LogP contribution in [-0.2, 0) is 19.5 Å². The smallest absolute Gasteiger partial charge is 0.0372 e. The normalized spacial score (nSPS) is 13.9. The SMILES string of the molecule is CN(Cc1ccccc1)Cc1ccc2c(c1)CCCN2. The number of hydrogen-bond donors (Lipinski definition) is 1. The molecular formula is C18H22N2. The Morgan fingerprint density at radius 3 is 2.65 bits per heavy atom. The molecule has 0 amide bonds. The molecule has 0 spiro atoms. The molecule has 0 aliphatic carbocycles. The molecule has 104 valence electrons. The molecule has 2 aromatic rings. The molecule has 2 aromatic carbocycles. The number of fused-ring (bicyclic) bond motifs is 1. The maximum absolute atomic E-state index is 3.47. The zero-order valence-corrected chi connectivity index (χ0v) is 12.1. The summed E-state index contributed by atoms with van der Waals surface area (Å²) in [4.78, 5) is 2.37. The average molecular weight is 266 g/mol. The van der Waals surface area contributed by atoms with Gasteiger partial charge in [0.25, 0.3) is 0 Å². The van der Waals surface area contributed by atoms with E-state index >= 15 is 0 Å². The Labute approximate surface area is 121 Å². The molecule has 2 nitrogen and oxygen atoms in total. The van der Waals surface area contributed by atoms with Gasteiger partial charge in [0.1, 0.15) is 0 Å². The van der Waals surface area contributed by atoms with Gasteiger partial charge in [-0.1, -0.05) is 42.5 Å². The highest BCUT2D eigenvalue weighted by Gasteiger charge is 2.09. The summed E-state index contributed by atoms with van der Waals surface area (Å²) in [5.41, 5.74) is 5.58. The van der Waals surface area contributed by atoms with E-state index in [1.165, 1.54) is 35.2 Å². The van der Waals surface area contributed by atoms with E-state index in [1.54, 1.807) is 0 Å². The quantitative estimate of drug-likeness (QED) is 0.908. The summed E-state index contributed by atoms with van der Waals surface area (Å²) in [6, 6.07) is 17.5. The molecule has 1 aliphatic rings. The van der Waals surface area contributed by atoms with Crippen LogP contribution in [0.1, 0.15) is 23.1 Å². The van der Waals surface area contributed by atoms with E-state index in [9.17, 15) is 0 Å². The van der Waals surface area contributed by atoms with E-state index in [0.29, 0.717) is 0 Å². The molecule has 0 bridgehead atoms. The first kappa shape index (κ1) is 13.2. The predicted octanol–water partition coefficient (Wildman–Crippen LogP) is 3.68. The highest BCUT2D eigenvalue weighted by Crippen LogP contribution is 2.23. The highest BCUT2D eigenvalue weighted by molar-refractivity contribution is 5.54. The van der Waals surface area contributed by atoms with Gasteiger partial charge in [-0.25, -0.2) is 0 Å². The van der Waals surface area contributed by atoms with E-state index in [1.807, 2.05) is 0 Å². The van der Waals surface area contributed by atoms with Crippen molar-refractivity contribution in [3.8, 4) is 0 Å². The fraction of sp³-hybridized carbons (Fsp3) is 0.333. The fourth-order valence-electron chi connectivity index (χ4n) is 2.89. The molecular weight excluding hydrogens is 244 g/mol. The van der Waals surface area contributed by atoms with Gasteiger partial charge in [-0.15, -0.1) is 0 Å². The van der Waals surface area contributed by atoms with Crippen LogP contribution in [0.2, 0.25) is 0 Å². The Hall–Kier alpha value is -1.80. The van der Waals surface area contributed by atoms with Crippen LogP contribution in [0.3, 0.4) is 0 Å². The highest BCUT2D eigenvalue weighted by atomic mass is 15.1. The second-order valence-electron chi connectivity index (χ2n) is 5.68. The van der Waals surface area contributed by atoms with Crippen LogP contribution in [-0.4, -0.2) is 18.5 Å². The number of hydrogen-bond acceptors (Lipinski definition) is 2. The van der Waals surface area contributed by atoms with Gasteiger partial charge in [0, 0.05) is 25.3 Å². The molecule has 20 heavy (non-hydrogen) atoms. The number of rotatable bonds is 4. The minimum atomic E-state index is 0.996. The molecule has 0 unspecified atom stereocenters. The summed E-state index contributed by atoms with van der Waals surface area (Å²) in [5.74, 6) is 0. The standard InChI is InChI=1S/C18H22N2/c1-20(13-15-6-3-2-4-7-15)14-16-9-10-18-17(12-16)8-5-11-19-18/h2-4,6-7,9-10,12,19H,5,8,11,13-14H2,1H3. The van der Waals surface area contributed by atoms with Gasteiger partial charge < -0.3 is 5.32 Å². The zero-order valence-electron chi connectivity index (χ0n) is 12.1. The van der Waals surface area contributed by atoms with Crippen LogP contribution in [0.25, 0.3) is 0 Å². The minimum Gasteiger partial charge on any atom is -0.385 e. The van der Waals surface area contributed by atoms with Crippen molar-refractivity contribution in [1.82, 2.24) is 4.90 Å². The van der Waals surface area contributed by atoms with Gasteiger partial charge in [0.15, 0.2) is 0 Å². The number of anilines is 1. The molecule has 3 rings (SSSR count). The average Bonchev–Trinajstić information content (AvgIpc) is 2.48. The summed E-state index contributed by atoms with van der Waals surface area (Å²) in [6.45, 7) is 3.11. The lowest BCUT2D eigenvalue weighted by atomic mass is 10.0. The van der Waals surface area contributed by atoms with Crippen molar-refractivity contribution in [3.63, 3.8) is 0 Å². The summed E-state index contributed by atoms with van der Waals surface area (Å²) >= 11 is 0. The molecule has 0 radical (unpaired) electrons. The Bertz CT molecular complexity index is 563. The first-order chi connectivity index (χ1) is 9.81. The molecule has 0 fully saturated rings. The van der Waals surface area contributed by atoms with Crippen molar-refractivity contribution in [2.24, 2.45) is 0 Å². The third kappa shape index (κ3) is 3.20. The van der Waals surface area contributed by atoms with E-state index in [-0.39, 0.29) is 0 Å². The molecule has 0 atom stereocenters. The Morgan fingerprint density at radius 2 is 1.80 bits per heavy atom. The van der Waals surface area contributed by atoms with Crippen LogP contribution in [0, 0.1) is 0 Å². The summed E-state index contributed by atoms with van der Waals surface area (Å²) in [6.07, 6.45) is 2.45. The maximum Gasteiger partial charge on any atom is 0.0372 e. The fourth-order valence-corrected chi connectivity index (χ4v) is 2.89. The van der Waals surface area contributed by atoms with Gasteiger partial charge in [-0.3, -0.25) is 4.90 Å². The van der Waals surface area contributed by atoms with Crippen LogP contribution < -0.4 is 5.32 Å². The van der Waals surface area contributed by atoms with Crippen molar-refractivity contribution >= 4 is 5.69 Å². The summed E-state index contributed by atoms with van der Waals surface area (Å²) in [7, 11) is 2.19. The predicted molar refractivity (Wildman–Crippen MR) is 84.9 cm³/mol. The lowest BCUT2D eigenvalue weighted by molar-refractivity contribution is 0.319. The number of benzene rings is 2. The first-order valence-corrected chi connectivity index (χ1v) is 7.39. The largest absolute Gasteiger partial charge is 0.385 e. The first-order valence-electron chi connectivity index (χ1n) is 7.39. The Morgan fingerprint density at radius 1 is 1.00 bits per heavy atom. The zero-order chi connectivity index (χ0) is 13.8. The van der Waals surface area contributed by atoms with E-state index < -0.39 is 0 Å². The number of nitrogens with one attached hydrogen (secondary N) is 1.